The van der Waals surface area contributed by atoms with E-state index in [-0.39, 0.29) is 30.7 Å². The number of hydrogen-bond donors (Lipinski definition) is 2. The SMILES string of the molecule is CCCN(CCC)CCCNC(=O)C1(N)CCCCC1.Cl.Cl. The Labute approximate surface area is 148 Å². The number of nitrogens with zero attached hydrogens (tertiary/aromatic N) is 1. The van der Waals surface area contributed by atoms with Gasteiger partial charge < -0.3 is 16.0 Å². The van der Waals surface area contributed by atoms with Crippen molar-refractivity contribution in [3.8, 4) is 0 Å². The van der Waals surface area contributed by atoms with Gasteiger partial charge in [0.1, 0.15) is 0 Å². The van der Waals surface area contributed by atoms with Crippen molar-refractivity contribution in [2.24, 2.45) is 5.73 Å². The van der Waals surface area contributed by atoms with Crippen LogP contribution < -0.4 is 11.1 Å². The van der Waals surface area contributed by atoms with Crippen molar-refractivity contribution in [2.45, 2.75) is 70.8 Å². The maximum atomic E-state index is 12.2. The molecule has 0 bridgehead atoms. The van der Waals surface area contributed by atoms with Crippen LogP contribution in [-0.4, -0.2) is 42.5 Å². The number of rotatable bonds is 9. The molecule has 22 heavy (non-hydrogen) atoms. The Morgan fingerprint density at radius 2 is 1.59 bits per heavy atom. The lowest BCUT2D eigenvalue weighted by molar-refractivity contribution is -0.127. The number of nitrogens with two attached hydrogens (primary N) is 1. The molecular formula is C16H35Cl2N3O. The van der Waals surface area contributed by atoms with Crippen LogP contribution in [0.4, 0.5) is 0 Å². The van der Waals surface area contributed by atoms with Crippen LogP contribution in [0.2, 0.25) is 0 Å². The second kappa shape index (κ2) is 13.4. The number of carbonyl (C=O) groups excluding carboxylic acids is 1. The quantitative estimate of drug-likeness (QED) is 0.624. The average molecular weight is 356 g/mol. The molecular weight excluding hydrogens is 321 g/mol. The highest BCUT2D eigenvalue weighted by Crippen LogP contribution is 2.25. The second-order valence-electron chi connectivity index (χ2n) is 6.17. The third kappa shape index (κ3) is 8.56. The van der Waals surface area contributed by atoms with Gasteiger partial charge in [0.2, 0.25) is 5.91 Å². The number of nitrogens with one attached hydrogen (secondary N) is 1. The van der Waals surface area contributed by atoms with Crippen molar-refractivity contribution < 1.29 is 4.79 Å². The van der Waals surface area contributed by atoms with Crippen LogP contribution >= 0.6 is 24.8 Å². The topological polar surface area (TPSA) is 58.4 Å². The van der Waals surface area contributed by atoms with Gasteiger partial charge in [-0.3, -0.25) is 4.79 Å². The predicted molar refractivity (Wildman–Crippen MR) is 99.1 cm³/mol. The van der Waals surface area contributed by atoms with Gasteiger partial charge in [-0.2, -0.15) is 0 Å². The average Bonchev–Trinajstić information content (AvgIpc) is 2.44. The molecule has 3 N–H and O–H groups in total. The van der Waals surface area contributed by atoms with E-state index in [0.29, 0.717) is 0 Å². The number of carbonyl (C=O) groups is 1. The van der Waals surface area contributed by atoms with E-state index in [4.69, 9.17) is 5.73 Å². The van der Waals surface area contributed by atoms with Gasteiger partial charge in [0.15, 0.2) is 0 Å². The minimum absolute atomic E-state index is 0. The molecule has 0 aromatic carbocycles. The summed E-state index contributed by atoms with van der Waals surface area (Å²) in [6.07, 6.45) is 8.48. The molecule has 0 aliphatic heterocycles. The summed E-state index contributed by atoms with van der Waals surface area (Å²) in [6.45, 7) is 8.56. The Balaban J connectivity index is 0. The summed E-state index contributed by atoms with van der Waals surface area (Å²) < 4.78 is 0. The molecule has 1 fully saturated rings. The minimum atomic E-state index is -0.592. The van der Waals surface area contributed by atoms with Gasteiger partial charge in [0.25, 0.3) is 0 Å². The van der Waals surface area contributed by atoms with Gasteiger partial charge in [-0.1, -0.05) is 33.1 Å². The molecule has 0 aromatic heterocycles. The molecule has 134 valence electrons. The third-order valence-electron chi connectivity index (χ3n) is 4.21. The van der Waals surface area contributed by atoms with Crippen molar-refractivity contribution in [3.63, 3.8) is 0 Å². The van der Waals surface area contributed by atoms with E-state index in [1.807, 2.05) is 0 Å². The van der Waals surface area contributed by atoms with E-state index in [0.717, 1.165) is 58.3 Å². The summed E-state index contributed by atoms with van der Waals surface area (Å²) >= 11 is 0. The Hall–Kier alpha value is -0.0300. The fourth-order valence-electron chi connectivity index (χ4n) is 3.06. The van der Waals surface area contributed by atoms with Crippen LogP contribution in [0.15, 0.2) is 0 Å². The molecule has 1 aliphatic rings. The first-order valence-corrected chi connectivity index (χ1v) is 8.42. The monoisotopic (exact) mass is 355 g/mol. The summed E-state index contributed by atoms with van der Waals surface area (Å²) in [5.41, 5.74) is 5.63. The third-order valence-corrected chi connectivity index (χ3v) is 4.21. The van der Waals surface area contributed by atoms with Gasteiger partial charge in [0, 0.05) is 6.54 Å². The van der Waals surface area contributed by atoms with Crippen molar-refractivity contribution >= 4 is 30.7 Å². The standard InChI is InChI=1S/C16H33N3O.2ClH/c1-3-12-19(13-4-2)14-8-11-18-15(20)16(17)9-6-5-7-10-16;;/h3-14,17H2,1-2H3,(H,18,20);2*1H. The molecule has 6 heteroatoms. The summed E-state index contributed by atoms with van der Waals surface area (Å²) in [5.74, 6) is 0.0646. The first-order chi connectivity index (χ1) is 9.62. The molecule has 0 spiro atoms. The van der Waals surface area contributed by atoms with Crippen LogP contribution in [0.25, 0.3) is 0 Å². The maximum absolute atomic E-state index is 12.2. The molecule has 0 atom stereocenters. The van der Waals surface area contributed by atoms with Gasteiger partial charge in [-0.05, 0) is 51.7 Å². The Morgan fingerprint density at radius 1 is 1.05 bits per heavy atom. The van der Waals surface area contributed by atoms with Gasteiger partial charge in [-0.15, -0.1) is 24.8 Å². The molecule has 4 nitrogen and oxygen atoms in total. The molecule has 1 saturated carbocycles. The normalized spacial score (nSPS) is 16.5. The Kier molecular flexibility index (Phi) is 14.8. The van der Waals surface area contributed by atoms with E-state index >= 15 is 0 Å². The number of hydrogen-bond acceptors (Lipinski definition) is 3. The second-order valence-corrected chi connectivity index (χ2v) is 6.17. The van der Waals surface area contributed by atoms with Gasteiger partial charge in [0.05, 0.1) is 5.54 Å². The first-order valence-electron chi connectivity index (χ1n) is 8.42. The van der Waals surface area contributed by atoms with Crippen LogP contribution in [-0.2, 0) is 4.79 Å². The van der Waals surface area contributed by atoms with Crippen molar-refractivity contribution in [3.05, 3.63) is 0 Å². The summed E-state index contributed by atoms with van der Waals surface area (Å²) in [5, 5.41) is 3.04. The molecule has 0 saturated heterocycles. The lowest BCUT2D eigenvalue weighted by atomic mass is 9.82. The highest BCUT2D eigenvalue weighted by atomic mass is 35.5. The van der Waals surface area contributed by atoms with Gasteiger partial charge >= 0.3 is 0 Å². The lowest BCUT2D eigenvalue weighted by Gasteiger charge is -2.32. The minimum Gasteiger partial charge on any atom is -0.354 e. The zero-order valence-electron chi connectivity index (χ0n) is 14.2. The van der Waals surface area contributed by atoms with Gasteiger partial charge in [-0.25, -0.2) is 0 Å². The first kappa shape index (κ1) is 24.2. The van der Waals surface area contributed by atoms with E-state index in [2.05, 4.69) is 24.1 Å². The van der Waals surface area contributed by atoms with E-state index in [1.165, 1.54) is 19.3 Å². The molecule has 1 aliphatic carbocycles. The number of halogens is 2. The van der Waals surface area contributed by atoms with Crippen molar-refractivity contribution in [2.75, 3.05) is 26.2 Å². The summed E-state index contributed by atoms with van der Waals surface area (Å²) in [6, 6.07) is 0. The highest BCUT2D eigenvalue weighted by Gasteiger charge is 2.34. The van der Waals surface area contributed by atoms with E-state index in [1.54, 1.807) is 0 Å². The fourth-order valence-corrected chi connectivity index (χ4v) is 3.06. The van der Waals surface area contributed by atoms with Crippen molar-refractivity contribution in [1.82, 2.24) is 10.2 Å². The predicted octanol–water partition coefficient (Wildman–Crippen LogP) is 3.12. The van der Waals surface area contributed by atoms with Crippen LogP contribution in [0.1, 0.15) is 65.2 Å². The molecule has 1 amide bonds. The molecule has 1 rings (SSSR count). The summed E-state index contributed by atoms with van der Waals surface area (Å²) in [4.78, 5) is 14.6. The van der Waals surface area contributed by atoms with Crippen LogP contribution in [0.5, 0.6) is 0 Å². The highest BCUT2D eigenvalue weighted by molar-refractivity contribution is 5.86. The Morgan fingerprint density at radius 3 is 2.09 bits per heavy atom. The maximum Gasteiger partial charge on any atom is 0.240 e. The van der Waals surface area contributed by atoms with E-state index in [9.17, 15) is 4.79 Å². The lowest BCUT2D eigenvalue weighted by Crippen LogP contribution is -2.55. The zero-order chi connectivity index (χ0) is 14.8. The molecule has 0 heterocycles. The molecule has 0 aromatic rings. The fraction of sp³-hybridized carbons (Fsp3) is 0.938. The zero-order valence-corrected chi connectivity index (χ0v) is 15.9. The van der Waals surface area contributed by atoms with E-state index < -0.39 is 5.54 Å². The molecule has 0 radical (unpaired) electrons. The molecule has 0 unspecified atom stereocenters. The summed E-state index contributed by atoms with van der Waals surface area (Å²) in [7, 11) is 0. The Bertz CT molecular complexity index is 279. The van der Waals surface area contributed by atoms with Crippen molar-refractivity contribution in [1.29, 1.82) is 0 Å². The number of amides is 1. The largest absolute Gasteiger partial charge is 0.354 e. The van der Waals surface area contributed by atoms with Crippen LogP contribution in [0, 0.1) is 0 Å². The smallest absolute Gasteiger partial charge is 0.240 e. The van der Waals surface area contributed by atoms with Crippen LogP contribution in [0.3, 0.4) is 0 Å².